The fourth-order valence-corrected chi connectivity index (χ4v) is 4.43. The van der Waals surface area contributed by atoms with Gasteiger partial charge in [0.05, 0.1) is 34.0 Å². The van der Waals surface area contributed by atoms with E-state index in [9.17, 15) is 28.0 Å². The number of rotatable bonds is 4. The van der Waals surface area contributed by atoms with Gasteiger partial charge in [0, 0.05) is 42.8 Å². The van der Waals surface area contributed by atoms with Gasteiger partial charge in [0.25, 0.3) is 5.56 Å². The standard InChI is InChI=1S/C27H21F3N6O2/c1-26(2,14-31)16-4-6-17(7-5-16)36-21(13-35(3)25(36)38)22-18(8-9-32-24(22)37)15-10-19-20(27(28,29)30)12-34-23(19)33-11-15/h4-13H,1-3H3,(H,32,37)(H,33,34). The Balaban J connectivity index is 1.73. The Morgan fingerprint density at radius 3 is 2.42 bits per heavy atom. The summed E-state index contributed by atoms with van der Waals surface area (Å²) in [6.45, 7) is 3.55. The van der Waals surface area contributed by atoms with E-state index in [0.29, 0.717) is 11.3 Å². The molecule has 2 N–H and O–H groups in total. The first-order valence-corrected chi connectivity index (χ1v) is 11.5. The van der Waals surface area contributed by atoms with Gasteiger partial charge in [-0.1, -0.05) is 12.1 Å². The number of nitriles is 1. The van der Waals surface area contributed by atoms with E-state index in [0.717, 1.165) is 11.8 Å². The van der Waals surface area contributed by atoms with Gasteiger partial charge in [-0.05, 0) is 49.2 Å². The highest BCUT2D eigenvalue weighted by Crippen LogP contribution is 2.37. The van der Waals surface area contributed by atoms with Crippen LogP contribution in [0.5, 0.6) is 0 Å². The first kappa shape index (κ1) is 24.8. The van der Waals surface area contributed by atoms with E-state index in [1.807, 2.05) is 0 Å². The van der Waals surface area contributed by atoms with Crippen molar-refractivity contribution in [2.45, 2.75) is 25.4 Å². The number of hydrogen-bond donors (Lipinski definition) is 2. The number of fused-ring (bicyclic) bond motifs is 1. The predicted octanol–water partition coefficient (Wildman–Crippen LogP) is 4.89. The lowest BCUT2D eigenvalue weighted by Gasteiger charge is -2.17. The molecule has 5 aromatic rings. The van der Waals surface area contributed by atoms with Gasteiger partial charge in [0.15, 0.2) is 0 Å². The summed E-state index contributed by atoms with van der Waals surface area (Å²) in [5.41, 5.74) is -0.398. The van der Waals surface area contributed by atoms with Gasteiger partial charge >= 0.3 is 11.9 Å². The van der Waals surface area contributed by atoms with E-state index < -0.39 is 28.4 Å². The average molecular weight is 518 g/mol. The number of halogens is 3. The number of aryl methyl sites for hydroxylation is 1. The SMILES string of the molecule is Cn1cc(-c2c(-c3cnc4[nH]cc(C(F)(F)F)c4c3)cc[nH]c2=O)n(-c2ccc(C(C)(C)C#N)cc2)c1=O. The molecule has 0 saturated carbocycles. The van der Waals surface area contributed by atoms with Crippen LogP contribution in [0.2, 0.25) is 0 Å². The molecule has 0 aliphatic carbocycles. The second kappa shape index (κ2) is 8.62. The number of H-pyrrole nitrogens is 2. The molecule has 0 aliphatic heterocycles. The topological polar surface area (TPSA) is 112 Å². The van der Waals surface area contributed by atoms with Crippen molar-refractivity contribution in [2.75, 3.05) is 0 Å². The molecule has 0 saturated heterocycles. The number of imidazole rings is 1. The Labute approximate surface area is 213 Å². The summed E-state index contributed by atoms with van der Waals surface area (Å²) in [6.07, 6.45) is 0.514. The van der Waals surface area contributed by atoms with Crippen molar-refractivity contribution >= 4 is 11.0 Å². The van der Waals surface area contributed by atoms with Gasteiger partial charge in [0.2, 0.25) is 0 Å². The van der Waals surface area contributed by atoms with Crippen LogP contribution in [0.1, 0.15) is 25.0 Å². The summed E-state index contributed by atoms with van der Waals surface area (Å²) in [4.78, 5) is 35.6. The van der Waals surface area contributed by atoms with Gasteiger partial charge in [-0.15, -0.1) is 0 Å². The molecule has 0 atom stereocenters. The number of aromatic nitrogens is 5. The number of nitrogens with one attached hydrogen (secondary N) is 2. The van der Waals surface area contributed by atoms with Gasteiger partial charge in [0.1, 0.15) is 5.65 Å². The highest BCUT2D eigenvalue weighted by Gasteiger charge is 2.34. The maximum absolute atomic E-state index is 13.5. The third-order valence-electron chi connectivity index (χ3n) is 6.54. The molecule has 4 aromatic heterocycles. The largest absolute Gasteiger partial charge is 0.418 e. The minimum Gasteiger partial charge on any atom is -0.346 e. The van der Waals surface area contributed by atoms with Crippen molar-refractivity contribution in [3.05, 3.63) is 93.2 Å². The van der Waals surface area contributed by atoms with Gasteiger partial charge in [-0.2, -0.15) is 18.4 Å². The van der Waals surface area contributed by atoms with Gasteiger partial charge in [-0.25, -0.2) is 9.78 Å². The zero-order chi connectivity index (χ0) is 27.4. The maximum atomic E-state index is 13.5. The summed E-state index contributed by atoms with van der Waals surface area (Å²) < 4.78 is 43.3. The second-order valence-corrected chi connectivity index (χ2v) is 9.44. The quantitative estimate of drug-likeness (QED) is 0.353. The van der Waals surface area contributed by atoms with Gasteiger partial charge < -0.3 is 14.5 Å². The molecule has 0 aliphatic rings. The smallest absolute Gasteiger partial charge is 0.346 e. The number of hydrogen-bond acceptors (Lipinski definition) is 4. The first-order chi connectivity index (χ1) is 17.9. The molecule has 0 bridgehead atoms. The van der Waals surface area contributed by atoms with Crippen molar-refractivity contribution in [2.24, 2.45) is 7.05 Å². The highest BCUT2D eigenvalue weighted by molar-refractivity contribution is 5.89. The molecule has 0 spiro atoms. The van der Waals surface area contributed by atoms with E-state index in [-0.39, 0.29) is 27.9 Å². The van der Waals surface area contributed by atoms with Crippen LogP contribution in [0.15, 0.2) is 70.8 Å². The normalized spacial score (nSPS) is 12.1. The van der Waals surface area contributed by atoms with E-state index in [1.165, 1.54) is 40.8 Å². The molecular weight excluding hydrogens is 497 g/mol. The van der Waals surface area contributed by atoms with E-state index in [4.69, 9.17) is 0 Å². The van der Waals surface area contributed by atoms with Crippen LogP contribution >= 0.6 is 0 Å². The molecular formula is C27H21F3N6O2. The van der Waals surface area contributed by atoms with Crippen LogP contribution in [0.3, 0.4) is 0 Å². The Morgan fingerprint density at radius 2 is 1.76 bits per heavy atom. The third kappa shape index (κ3) is 4.00. The van der Waals surface area contributed by atoms with Crippen LogP contribution in [-0.2, 0) is 18.6 Å². The van der Waals surface area contributed by atoms with E-state index >= 15 is 0 Å². The van der Waals surface area contributed by atoms with Crippen LogP contribution in [0, 0.1) is 11.3 Å². The van der Waals surface area contributed by atoms with Crippen molar-refractivity contribution in [1.82, 2.24) is 24.1 Å². The lowest BCUT2D eigenvalue weighted by atomic mass is 9.86. The average Bonchev–Trinajstić information content (AvgIpc) is 3.44. The Morgan fingerprint density at radius 1 is 1.05 bits per heavy atom. The molecule has 4 heterocycles. The van der Waals surface area contributed by atoms with Crippen molar-refractivity contribution in [1.29, 1.82) is 5.26 Å². The molecule has 192 valence electrons. The Hall–Kier alpha value is -4.85. The molecule has 0 amide bonds. The van der Waals surface area contributed by atoms with Crippen LogP contribution in [0.25, 0.3) is 39.1 Å². The number of alkyl halides is 3. The number of nitrogens with zero attached hydrogens (tertiary/aromatic N) is 4. The molecule has 11 heteroatoms. The number of benzene rings is 1. The van der Waals surface area contributed by atoms with E-state index in [1.54, 1.807) is 44.2 Å². The Bertz CT molecular complexity index is 1850. The van der Waals surface area contributed by atoms with Crippen molar-refractivity contribution in [3.63, 3.8) is 0 Å². The summed E-state index contributed by atoms with van der Waals surface area (Å²) in [6, 6.07) is 11.9. The summed E-state index contributed by atoms with van der Waals surface area (Å²) in [5, 5.41) is 9.30. The number of pyridine rings is 2. The summed E-state index contributed by atoms with van der Waals surface area (Å²) in [5.74, 6) is 0. The first-order valence-electron chi connectivity index (χ1n) is 11.5. The van der Waals surface area contributed by atoms with Crippen molar-refractivity contribution in [3.8, 4) is 34.1 Å². The minimum absolute atomic E-state index is 0.0597. The zero-order valence-corrected chi connectivity index (χ0v) is 20.5. The molecule has 0 fully saturated rings. The molecule has 38 heavy (non-hydrogen) atoms. The molecule has 8 nitrogen and oxygen atoms in total. The van der Waals surface area contributed by atoms with E-state index in [2.05, 4.69) is 21.0 Å². The Kier molecular flexibility index (Phi) is 5.63. The lowest BCUT2D eigenvalue weighted by molar-refractivity contribution is -0.136. The molecule has 1 aromatic carbocycles. The lowest BCUT2D eigenvalue weighted by Crippen LogP contribution is -2.22. The predicted molar refractivity (Wildman–Crippen MR) is 136 cm³/mol. The highest BCUT2D eigenvalue weighted by atomic mass is 19.4. The maximum Gasteiger partial charge on any atom is 0.418 e. The summed E-state index contributed by atoms with van der Waals surface area (Å²) in [7, 11) is 1.54. The summed E-state index contributed by atoms with van der Waals surface area (Å²) >= 11 is 0. The molecule has 5 rings (SSSR count). The van der Waals surface area contributed by atoms with Crippen molar-refractivity contribution < 1.29 is 13.2 Å². The number of aromatic amines is 2. The van der Waals surface area contributed by atoms with Gasteiger partial charge in [-0.3, -0.25) is 9.36 Å². The third-order valence-corrected chi connectivity index (χ3v) is 6.54. The van der Waals surface area contributed by atoms with Crippen LogP contribution in [-0.4, -0.2) is 24.1 Å². The minimum atomic E-state index is -4.60. The fraction of sp³-hybridized carbons (Fsp3) is 0.185. The molecule has 0 radical (unpaired) electrons. The monoisotopic (exact) mass is 518 g/mol. The van der Waals surface area contributed by atoms with Crippen LogP contribution < -0.4 is 11.2 Å². The van der Waals surface area contributed by atoms with Crippen LogP contribution in [0.4, 0.5) is 13.2 Å². The molecule has 0 unspecified atom stereocenters. The zero-order valence-electron chi connectivity index (χ0n) is 20.5. The second-order valence-electron chi connectivity index (χ2n) is 9.44. The fourth-order valence-electron chi connectivity index (χ4n) is 4.43.